The van der Waals surface area contributed by atoms with Crippen LogP contribution in [0.1, 0.15) is 18.4 Å². The minimum absolute atomic E-state index is 0.120. The van der Waals surface area contributed by atoms with Crippen LogP contribution < -0.4 is 10.6 Å². The summed E-state index contributed by atoms with van der Waals surface area (Å²) >= 11 is 0. The number of urea groups is 1. The van der Waals surface area contributed by atoms with Crippen molar-refractivity contribution in [1.82, 2.24) is 25.3 Å². The summed E-state index contributed by atoms with van der Waals surface area (Å²) in [4.78, 5) is 25.0. The van der Waals surface area contributed by atoms with Crippen molar-refractivity contribution in [3.8, 4) is 0 Å². The second-order valence-electron chi connectivity index (χ2n) is 5.98. The van der Waals surface area contributed by atoms with E-state index >= 15 is 0 Å². The number of amides is 3. The molecule has 2 heterocycles. The van der Waals surface area contributed by atoms with Crippen LogP contribution in [0.4, 0.5) is 4.79 Å². The molecule has 23 heavy (non-hydrogen) atoms. The smallest absolute Gasteiger partial charge is 0.317 e. The van der Waals surface area contributed by atoms with E-state index in [4.69, 9.17) is 0 Å². The van der Waals surface area contributed by atoms with Crippen LogP contribution in [0, 0.1) is 12.8 Å². The fourth-order valence-electron chi connectivity index (χ4n) is 2.70. The Kier molecular flexibility index (Phi) is 5.97. The van der Waals surface area contributed by atoms with E-state index in [1.165, 1.54) is 0 Å². The second kappa shape index (κ2) is 7.96. The lowest BCUT2D eigenvalue weighted by atomic mass is 10.0. The third kappa shape index (κ3) is 4.95. The Morgan fingerprint density at radius 2 is 2.22 bits per heavy atom. The number of nitrogens with one attached hydrogen (secondary N) is 2. The van der Waals surface area contributed by atoms with Gasteiger partial charge in [-0.15, -0.1) is 0 Å². The van der Waals surface area contributed by atoms with Crippen molar-refractivity contribution in [3.63, 3.8) is 0 Å². The molecule has 1 aliphatic heterocycles. The van der Waals surface area contributed by atoms with Crippen LogP contribution in [0.25, 0.3) is 0 Å². The molecule has 3 N–H and O–H groups in total. The molecule has 0 aliphatic carbocycles. The molecule has 2 rings (SSSR count). The monoisotopic (exact) mass is 323 g/mol. The molecule has 0 unspecified atom stereocenters. The molecule has 0 aromatic carbocycles. The highest BCUT2D eigenvalue weighted by Crippen LogP contribution is 2.20. The lowest BCUT2D eigenvalue weighted by Crippen LogP contribution is -2.39. The van der Waals surface area contributed by atoms with Gasteiger partial charge in [0.1, 0.15) is 0 Å². The van der Waals surface area contributed by atoms with Gasteiger partial charge in [-0.2, -0.15) is 5.10 Å². The molecular weight excluding hydrogens is 298 g/mol. The molecule has 1 fully saturated rings. The van der Waals surface area contributed by atoms with E-state index in [0.717, 1.165) is 18.5 Å². The number of β-amino-alcohol motifs (C(OH)–C–C–N with tert-alkyl or cyclic N) is 1. The largest absolute Gasteiger partial charge is 0.391 e. The van der Waals surface area contributed by atoms with Crippen molar-refractivity contribution in [1.29, 1.82) is 0 Å². The number of nitrogens with zero attached hydrogens (tertiary/aromatic N) is 3. The Labute approximate surface area is 135 Å². The molecule has 1 saturated heterocycles. The predicted octanol–water partition coefficient (Wildman–Crippen LogP) is -0.280. The fourth-order valence-corrected chi connectivity index (χ4v) is 2.70. The first-order valence-electron chi connectivity index (χ1n) is 7.90. The maximum absolute atomic E-state index is 12.1. The molecule has 1 aromatic rings. The maximum atomic E-state index is 12.1. The summed E-state index contributed by atoms with van der Waals surface area (Å²) in [5.41, 5.74) is 1.11. The topological polar surface area (TPSA) is 99.5 Å². The van der Waals surface area contributed by atoms with Crippen LogP contribution in [-0.2, 0) is 11.3 Å². The van der Waals surface area contributed by atoms with E-state index in [2.05, 4.69) is 15.7 Å². The zero-order valence-corrected chi connectivity index (χ0v) is 13.7. The molecule has 8 nitrogen and oxygen atoms in total. The molecular formula is C15H25N5O3. The van der Waals surface area contributed by atoms with E-state index < -0.39 is 6.10 Å². The number of carbonyl (C=O) groups excluding carboxylic acids is 2. The average molecular weight is 323 g/mol. The first-order valence-corrected chi connectivity index (χ1v) is 7.90. The zero-order chi connectivity index (χ0) is 16.8. The highest BCUT2D eigenvalue weighted by atomic mass is 16.3. The third-order valence-corrected chi connectivity index (χ3v) is 4.02. The number of carbonyl (C=O) groups is 2. The molecule has 0 saturated carbocycles. The number of hydrogen-bond acceptors (Lipinski definition) is 4. The molecule has 8 heteroatoms. The summed E-state index contributed by atoms with van der Waals surface area (Å²) in [7, 11) is 1.56. The molecule has 0 radical (unpaired) electrons. The molecule has 1 aliphatic rings. The van der Waals surface area contributed by atoms with Crippen molar-refractivity contribution in [3.05, 3.63) is 18.0 Å². The van der Waals surface area contributed by atoms with E-state index in [1.807, 2.05) is 17.8 Å². The zero-order valence-electron chi connectivity index (χ0n) is 13.7. The van der Waals surface area contributed by atoms with Crippen LogP contribution >= 0.6 is 0 Å². The van der Waals surface area contributed by atoms with Gasteiger partial charge in [0.2, 0.25) is 5.91 Å². The van der Waals surface area contributed by atoms with E-state index in [9.17, 15) is 14.7 Å². The Morgan fingerprint density at radius 1 is 1.43 bits per heavy atom. The summed E-state index contributed by atoms with van der Waals surface area (Å²) < 4.78 is 1.85. The maximum Gasteiger partial charge on any atom is 0.317 e. The highest BCUT2D eigenvalue weighted by Gasteiger charge is 2.34. The van der Waals surface area contributed by atoms with Gasteiger partial charge in [0.25, 0.3) is 0 Å². The van der Waals surface area contributed by atoms with E-state index in [0.29, 0.717) is 13.1 Å². The minimum Gasteiger partial charge on any atom is -0.391 e. The van der Waals surface area contributed by atoms with Gasteiger partial charge < -0.3 is 20.6 Å². The third-order valence-electron chi connectivity index (χ3n) is 4.02. The fraction of sp³-hybridized carbons (Fsp3) is 0.667. The lowest BCUT2D eigenvalue weighted by molar-refractivity contribution is -0.122. The van der Waals surface area contributed by atoms with Crippen molar-refractivity contribution in [2.24, 2.45) is 5.92 Å². The summed E-state index contributed by atoms with van der Waals surface area (Å²) in [5.74, 6) is -0.321. The predicted molar refractivity (Wildman–Crippen MR) is 84.7 cm³/mol. The highest BCUT2D eigenvalue weighted by molar-refractivity contribution is 5.77. The number of aryl methyl sites for hydroxylation is 2. The van der Waals surface area contributed by atoms with Gasteiger partial charge in [0, 0.05) is 51.8 Å². The standard InChI is InChI=1S/C15H25N5O3/c1-11-7-18-20(8-11)5-3-4-17-15(23)19-9-12(13(21)10-19)6-14(22)16-2/h7-8,12-13,21H,3-6,9-10H2,1-2H3,(H,16,22)(H,17,23)/t12-,13-/m1/s1. The van der Waals surface area contributed by atoms with Gasteiger partial charge in [0.15, 0.2) is 0 Å². The summed E-state index contributed by atoms with van der Waals surface area (Å²) in [6.07, 6.45) is 4.13. The molecule has 0 spiro atoms. The summed E-state index contributed by atoms with van der Waals surface area (Å²) in [6, 6.07) is -0.194. The van der Waals surface area contributed by atoms with Crippen LogP contribution in [0.2, 0.25) is 0 Å². The van der Waals surface area contributed by atoms with Gasteiger partial charge in [-0.25, -0.2) is 4.79 Å². The number of aliphatic hydroxyl groups is 1. The van der Waals surface area contributed by atoms with Crippen LogP contribution in [-0.4, -0.2) is 64.5 Å². The first-order chi connectivity index (χ1) is 11.0. The van der Waals surface area contributed by atoms with Crippen molar-refractivity contribution in [2.75, 3.05) is 26.7 Å². The summed E-state index contributed by atoms with van der Waals surface area (Å²) in [6.45, 7) is 3.95. The number of rotatable bonds is 6. The SMILES string of the molecule is CNC(=O)C[C@@H]1CN(C(=O)NCCCn2cc(C)cn2)C[C@H]1O. The number of hydrogen-bond donors (Lipinski definition) is 3. The minimum atomic E-state index is -0.648. The van der Waals surface area contributed by atoms with E-state index in [-0.39, 0.29) is 30.8 Å². The van der Waals surface area contributed by atoms with Crippen LogP contribution in [0.15, 0.2) is 12.4 Å². The van der Waals surface area contributed by atoms with Crippen molar-refractivity contribution >= 4 is 11.9 Å². The van der Waals surface area contributed by atoms with Gasteiger partial charge in [-0.05, 0) is 18.9 Å². The van der Waals surface area contributed by atoms with Crippen LogP contribution in [0.3, 0.4) is 0 Å². The van der Waals surface area contributed by atoms with Crippen LogP contribution in [0.5, 0.6) is 0 Å². The van der Waals surface area contributed by atoms with Gasteiger partial charge in [0.05, 0.1) is 12.3 Å². The molecule has 2 atom stereocenters. The molecule has 1 aromatic heterocycles. The van der Waals surface area contributed by atoms with E-state index in [1.54, 1.807) is 18.1 Å². The first kappa shape index (κ1) is 17.3. The Bertz CT molecular complexity index is 545. The normalized spacial score (nSPS) is 20.6. The molecule has 3 amide bonds. The number of aromatic nitrogens is 2. The van der Waals surface area contributed by atoms with Gasteiger partial charge >= 0.3 is 6.03 Å². The quantitative estimate of drug-likeness (QED) is 0.627. The molecule has 0 bridgehead atoms. The lowest BCUT2D eigenvalue weighted by Gasteiger charge is -2.17. The Morgan fingerprint density at radius 3 is 2.87 bits per heavy atom. The average Bonchev–Trinajstić information content (AvgIpc) is 3.10. The summed E-state index contributed by atoms with van der Waals surface area (Å²) in [5, 5.41) is 19.5. The van der Waals surface area contributed by atoms with Crippen molar-refractivity contribution < 1.29 is 14.7 Å². The van der Waals surface area contributed by atoms with Gasteiger partial charge in [-0.1, -0.05) is 0 Å². The van der Waals surface area contributed by atoms with Crippen molar-refractivity contribution in [2.45, 2.75) is 32.4 Å². The Balaban J connectivity index is 1.68. The number of likely N-dealkylation sites (tertiary alicyclic amines) is 1. The molecule has 128 valence electrons. The second-order valence-corrected chi connectivity index (χ2v) is 5.98. The number of aliphatic hydroxyl groups excluding tert-OH is 1. The Hall–Kier alpha value is -2.09. The van der Waals surface area contributed by atoms with Gasteiger partial charge in [-0.3, -0.25) is 9.48 Å².